The van der Waals surface area contributed by atoms with Gasteiger partial charge in [-0.25, -0.2) is 8.42 Å². The predicted octanol–water partition coefficient (Wildman–Crippen LogP) is 0.612. The third-order valence-electron chi connectivity index (χ3n) is 2.29. The Kier molecular flexibility index (Phi) is 4.44. The zero-order valence-corrected chi connectivity index (χ0v) is 10.6. The summed E-state index contributed by atoms with van der Waals surface area (Å²) in [5, 5.41) is 13.7. The van der Waals surface area contributed by atoms with Gasteiger partial charge < -0.3 is 5.32 Å². The van der Waals surface area contributed by atoms with Crippen molar-refractivity contribution in [2.75, 3.05) is 18.1 Å². The van der Waals surface area contributed by atoms with E-state index in [4.69, 9.17) is 5.26 Å². The lowest BCUT2D eigenvalue weighted by Gasteiger charge is -2.17. The van der Waals surface area contributed by atoms with Crippen LogP contribution in [-0.4, -0.2) is 37.8 Å². The Morgan fingerprint density at radius 1 is 1.53 bits per heavy atom. The molecule has 2 atom stereocenters. The van der Waals surface area contributed by atoms with Crippen LogP contribution in [0.2, 0.25) is 0 Å². The van der Waals surface area contributed by atoms with E-state index in [0.717, 1.165) is 18.3 Å². The van der Waals surface area contributed by atoms with Gasteiger partial charge in [-0.2, -0.15) is 5.26 Å². The zero-order valence-electron chi connectivity index (χ0n) is 8.93. The molecule has 1 aliphatic rings. The molecule has 0 spiro atoms. The quantitative estimate of drug-likeness (QED) is 0.738. The van der Waals surface area contributed by atoms with E-state index in [1.165, 1.54) is 0 Å². The fraction of sp³-hybridized carbons (Fsp3) is 0.889. The van der Waals surface area contributed by atoms with Crippen molar-refractivity contribution in [1.82, 2.24) is 5.32 Å². The summed E-state index contributed by atoms with van der Waals surface area (Å²) >= 11 is 1.06. The van der Waals surface area contributed by atoms with Gasteiger partial charge in [-0.05, 0) is 24.2 Å². The van der Waals surface area contributed by atoms with Crippen LogP contribution < -0.4 is 5.32 Å². The number of nitrogens with one attached hydrogen (secondary N) is 1. The summed E-state index contributed by atoms with van der Waals surface area (Å²) in [6.45, 7) is 4.94. The van der Waals surface area contributed by atoms with Gasteiger partial charge in [0.1, 0.15) is 5.40 Å². The molecular formula is C9H16N2O2S2. The highest BCUT2D eigenvalue weighted by molar-refractivity contribution is 8.05. The molecule has 15 heavy (non-hydrogen) atoms. The van der Waals surface area contributed by atoms with E-state index in [0.29, 0.717) is 5.92 Å². The molecule has 0 unspecified atom stereocenters. The Balaban J connectivity index is 2.58. The van der Waals surface area contributed by atoms with Crippen molar-refractivity contribution in [2.45, 2.75) is 25.1 Å². The number of hydrogen-bond acceptors (Lipinski definition) is 5. The zero-order chi connectivity index (χ0) is 11.5. The first kappa shape index (κ1) is 12.8. The van der Waals surface area contributed by atoms with Crippen molar-refractivity contribution in [3.63, 3.8) is 0 Å². The summed E-state index contributed by atoms with van der Waals surface area (Å²) in [6.07, 6.45) is 0. The van der Waals surface area contributed by atoms with E-state index >= 15 is 0 Å². The largest absolute Gasteiger partial charge is 0.312 e. The van der Waals surface area contributed by atoms with Crippen LogP contribution in [-0.2, 0) is 9.84 Å². The lowest BCUT2D eigenvalue weighted by atomic mass is 10.2. The monoisotopic (exact) mass is 248 g/mol. The summed E-state index contributed by atoms with van der Waals surface area (Å²) in [5.74, 6) is 0.779. The van der Waals surface area contributed by atoms with Crippen LogP contribution in [0.5, 0.6) is 0 Å². The first-order valence-electron chi connectivity index (χ1n) is 4.93. The van der Waals surface area contributed by atoms with E-state index in [9.17, 15) is 8.42 Å². The van der Waals surface area contributed by atoms with Gasteiger partial charge in [-0.15, -0.1) is 0 Å². The molecule has 1 saturated heterocycles. The van der Waals surface area contributed by atoms with Crippen LogP contribution in [0.1, 0.15) is 13.8 Å². The van der Waals surface area contributed by atoms with Crippen LogP contribution in [0.15, 0.2) is 0 Å². The lowest BCUT2D eigenvalue weighted by molar-refractivity contribution is 0.493. The second-order valence-electron chi connectivity index (χ2n) is 4.23. The number of nitriles is 1. The number of rotatable bonds is 4. The summed E-state index contributed by atoms with van der Waals surface area (Å²) in [5.41, 5.74) is 0. The molecule has 1 aliphatic heterocycles. The van der Waals surface area contributed by atoms with Crippen molar-refractivity contribution in [2.24, 2.45) is 5.92 Å². The van der Waals surface area contributed by atoms with E-state index in [-0.39, 0.29) is 22.8 Å². The number of hydrogen-bond donors (Lipinski definition) is 1. The smallest absolute Gasteiger partial charge is 0.153 e. The van der Waals surface area contributed by atoms with Crippen molar-refractivity contribution < 1.29 is 8.42 Å². The van der Waals surface area contributed by atoms with Crippen molar-refractivity contribution in [3.05, 3.63) is 0 Å². The van der Waals surface area contributed by atoms with Crippen molar-refractivity contribution in [1.29, 1.82) is 5.26 Å². The molecule has 0 bridgehead atoms. The number of sulfone groups is 1. The van der Waals surface area contributed by atoms with Crippen LogP contribution >= 0.6 is 11.8 Å². The van der Waals surface area contributed by atoms with Crippen LogP contribution in [0, 0.1) is 16.6 Å². The second kappa shape index (κ2) is 5.19. The normalized spacial score (nSPS) is 29.2. The molecule has 6 heteroatoms. The molecule has 1 heterocycles. The second-order valence-corrected chi connectivity index (χ2v) is 7.41. The van der Waals surface area contributed by atoms with E-state index in [2.05, 4.69) is 19.2 Å². The highest BCUT2D eigenvalue weighted by atomic mass is 32.2. The Hall–Kier alpha value is -0.250. The molecule has 1 N–H and O–H groups in total. The van der Waals surface area contributed by atoms with Crippen molar-refractivity contribution in [3.8, 4) is 5.40 Å². The first-order chi connectivity index (χ1) is 6.94. The molecule has 0 radical (unpaired) electrons. The third-order valence-corrected chi connectivity index (χ3v) is 5.14. The maximum Gasteiger partial charge on any atom is 0.153 e. The molecule has 4 nitrogen and oxygen atoms in total. The molecule has 0 aromatic heterocycles. The van der Waals surface area contributed by atoms with Crippen LogP contribution in [0.4, 0.5) is 0 Å². The summed E-state index contributed by atoms with van der Waals surface area (Å²) < 4.78 is 22.8. The molecule has 1 rings (SSSR count). The molecule has 1 fully saturated rings. The predicted molar refractivity (Wildman–Crippen MR) is 62.3 cm³/mol. The Bertz CT molecular complexity index is 346. The fourth-order valence-electron chi connectivity index (χ4n) is 1.58. The minimum Gasteiger partial charge on any atom is -0.312 e. The molecule has 0 saturated carbocycles. The van der Waals surface area contributed by atoms with Crippen molar-refractivity contribution >= 4 is 21.6 Å². The van der Waals surface area contributed by atoms with Gasteiger partial charge in [-0.1, -0.05) is 13.8 Å². The van der Waals surface area contributed by atoms with Gasteiger partial charge in [0.05, 0.1) is 11.5 Å². The molecule has 0 aliphatic carbocycles. The van der Waals surface area contributed by atoms with Gasteiger partial charge in [-0.3, -0.25) is 0 Å². The van der Waals surface area contributed by atoms with E-state index in [1.54, 1.807) is 0 Å². The van der Waals surface area contributed by atoms with Crippen LogP contribution in [0.3, 0.4) is 0 Å². The van der Waals surface area contributed by atoms with Gasteiger partial charge >= 0.3 is 0 Å². The highest BCUT2D eigenvalue weighted by Crippen LogP contribution is 2.24. The van der Waals surface area contributed by atoms with E-state index in [1.807, 2.05) is 5.40 Å². The average Bonchev–Trinajstić information content (AvgIpc) is 2.38. The summed E-state index contributed by atoms with van der Waals surface area (Å²) in [6, 6.07) is -0.0675. The average molecular weight is 248 g/mol. The number of nitrogens with zero attached hydrogens (tertiary/aromatic N) is 1. The Morgan fingerprint density at radius 2 is 2.20 bits per heavy atom. The van der Waals surface area contributed by atoms with Gasteiger partial charge in [0.2, 0.25) is 0 Å². The van der Waals surface area contributed by atoms with Gasteiger partial charge in [0, 0.05) is 11.3 Å². The summed E-state index contributed by atoms with van der Waals surface area (Å²) in [4.78, 5) is 0. The molecule has 0 aromatic carbocycles. The minimum atomic E-state index is -2.95. The number of thiocyanates is 1. The lowest BCUT2D eigenvalue weighted by Crippen LogP contribution is -2.39. The minimum absolute atomic E-state index is 0.0675. The molecule has 86 valence electrons. The standard InChI is InChI=1S/C9H16N2O2S2/c1-7(2)3-11-8-4-15(12,13)5-9(8)14-6-10/h7-9,11H,3-5H2,1-2H3/t8-,9-/m0/s1. The third kappa shape index (κ3) is 4.01. The Morgan fingerprint density at radius 3 is 2.73 bits per heavy atom. The fourth-order valence-corrected chi connectivity index (χ4v) is 4.85. The molecule has 0 aromatic rings. The van der Waals surface area contributed by atoms with Crippen LogP contribution in [0.25, 0.3) is 0 Å². The van der Waals surface area contributed by atoms with E-state index < -0.39 is 9.84 Å². The maximum atomic E-state index is 11.4. The maximum absolute atomic E-state index is 11.4. The Labute approximate surface area is 95.3 Å². The number of thioether (sulfide) groups is 1. The topological polar surface area (TPSA) is 70.0 Å². The van der Waals surface area contributed by atoms with Gasteiger partial charge in [0.25, 0.3) is 0 Å². The molecular weight excluding hydrogens is 232 g/mol. The first-order valence-corrected chi connectivity index (χ1v) is 7.63. The van der Waals surface area contributed by atoms with Gasteiger partial charge in [0.15, 0.2) is 9.84 Å². The molecule has 0 amide bonds. The SMILES string of the molecule is CC(C)CN[C@H]1CS(=O)(=O)C[C@@H]1SC#N. The summed E-state index contributed by atoms with van der Waals surface area (Å²) in [7, 11) is -2.95. The highest BCUT2D eigenvalue weighted by Gasteiger charge is 2.37.